The normalized spacial score (nSPS) is 15.9. The van der Waals surface area contributed by atoms with E-state index in [0.717, 1.165) is 12.8 Å². The number of aromatic nitrogens is 3. The average molecular weight is 495 g/mol. The summed E-state index contributed by atoms with van der Waals surface area (Å²) in [5, 5.41) is 3.33. The van der Waals surface area contributed by atoms with Gasteiger partial charge in [0, 0.05) is 37.1 Å². The highest BCUT2D eigenvalue weighted by molar-refractivity contribution is 5.68. The number of nitrogens with one attached hydrogen (secondary N) is 1. The van der Waals surface area contributed by atoms with E-state index in [-0.39, 0.29) is 23.7 Å². The molecule has 1 fully saturated rings. The predicted molar refractivity (Wildman–Crippen MR) is 135 cm³/mol. The number of pyridine rings is 1. The topological polar surface area (TPSA) is 115 Å². The van der Waals surface area contributed by atoms with Crippen LogP contribution in [-0.4, -0.2) is 50.7 Å². The second-order valence-corrected chi connectivity index (χ2v) is 9.73. The van der Waals surface area contributed by atoms with Crippen LogP contribution in [0.25, 0.3) is 11.3 Å². The van der Waals surface area contributed by atoms with E-state index in [1.807, 2.05) is 26.8 Å². The molecule has 3 heterocycles. The number of carbonyl (C=O) groups excluding carboxylic acids is 1. The fourth-order valence-corrected chi connectivity index (χ4v) is 3.92. The van der Waals surface area contributed by atoms with Gasteiger partial charge < -0.3 is 25.4 Å². The number of benzene rings is 1. The molecule has 1 unspecified atom stereocenters. The monoisotopic (exact) mass is 494 g/mol. The summed E-state index contributed by atoms with van der Waals surface area (Å²) in [6.45, 7) is 8.30. The van der Waals surface area contributed by atoms with Crippen molar-refractivity contribution < 1.29 is 18.7 Å². The van der Waals surface area contributed by atoms with E-state index in [1.165, 1.54) is 6.07 Å². The molecule has 36 heavy (non-hydrogen) atoms. The van der Waals surface area contributed by atoms with Crippen LogP contribution in [0, 0.1) is 12.7 Å². The maximum absolute atomic E-state index is 14.3. The first kappa shape index (κ1) is 25.2. The Labute approximate surface area is 209 Å². The maximum atomic E-state index is 14.3. The van der Waals surface area contributed by atoms with E-state index in [2.05, 4.69) is 20.3 Å². The number of hydrogen-bond acceptors (Lipinski definition) is 8. The molecule has 2 aromatic heterocycles. The number of halogens is 1. The molecule has 9 nitrogen and oxygen atoms in total. The van der Waals surface area contributed by atoms with Gasteiger partial charge in [-0.05, 0) is 70.9 Å². The summed E-state index contributed by atoms with van der Waals surface area (Å²) in [6, 6.07) is 8.39. The van der Waals surface area contributed by atoms with Gasteiger partial charge in [0.15, 0.2) is 5.82 Å². The van der Waals surface area contributed by atoms with Gasteiger partial charge in [0.05, 0.1) is 16.9 Å². The van der Waals surface area contributed by atoms with Crippen molar-refractivity contribution in [3.63, 3.8) is 0 Å². The molecule has 3 aromatic rings. The highest BCUT2D eigenvalue weighted by Crippen LogP contribution is 2.34. The van der Waals surface area contributed by atoms with Gasteiger partial charge in [-0.15, -0.1) is 0 Å². The van der Waals surface area contributed by atoms with Gasteiger partial charge >= 0.3 is 6.09 Å². The maximum Gasteiger partial charge on any atom is 0.410 e. The molecule has 1 amide bonds. The van der Waals surface area contributed by atoms with Crippen molar-refractivity contribution in [2.24, 2.45) is 0 Å². The zero-order chi connectivity index (χ0) is 25.9. The van der Waals surface area contributed by atoms with Crippen LogP contribution in [0.5, 0.6) is 11.6 Å². The van der Waals surface area contributed by atoms with Crippen LogP contribution in [0.1, 0.15) is 39.2 Å². The Bertz CT molecular complexity index is 1250. The molecule has 190 valence electrons. The van der Waals surface area contributed by atoms with E-state index >= 15 is 0 Å². The molecule has 4 rings (SSSR count). The van der Waals surface area contributed by atoms with E-state index in [0.29, 0.717) is 41.6 Å². The van der Waals surface area contributed by atoms with Crippen LogP contribution in [0.2, 0.25) is 0 Å². The van der Waals surface area contributed by atoms with Gasteiger partial charge in [-0.25, -0.2) is 24.1 Å². The number of piperidine rings is 1. The first-order chi connectivity index (χ1) is 17.1. The van der Waals surface area contributed by atoms with Crippen molar-refractivity contribution in [1.29, 1.82) is 0 Å². The molecule has 1 saturated heterocycles. The fourth-order valence-electron chi connectivity index (χ4n) is 3.92. The van der Waals surface area contributed by atoms with Crippen molar-refractivity contribution >= 4 is 17.7 Å². The minimum absolute atomic E-state index is 0.0217. The molecule has 0 bridgehead atoms. The van der Waals surface area contributed by atoms with E-state index in [9.17, 15) is 9.18 Å². The highest BCUT2D eigenvalue weighted by Gasteiger charge is 2.28. The molecular weight excluding hydrogens is 463 g/mol. The lowest BCUT2D eigenvalue weighted by Gasteiger charge is -2.34. The Morgan fingerprint density at radius 2 is 2.00 bits per heavy atom. The molecule has 0 radical (unpaired) electrons. The smallest absolute Gasteiger partial charge is 0.410 e. The first-order valence-corrected chi connectivity index (χ1v) is 11.9. The molecule has 1 atom stereocenters. The van der Waals surface area contributed by atoms with Gasteiger partial charge in [-0.3, -0.25) is 0 Å². The van der Waals surface area contributed by atoms with Gasteiger partial charge in [0.1, 0.15) is 11.4 Å². The first-order valence-electron chi connectivity index (χ1n) is 11.9. The van der Waals surface area contributed by atoms with Crippen molar-refractivity contribution in [3.8, 4) is 22.9 Å². The van der Waals surface area contributed by atoms with Crippen LogP contribution in [-0.2, 0) is 4.74 Å². The summed E-state index contributed by atoms with van der Waals surface area (Å²) in [5.41, 5.74) is 6.67. The molecule has 1 aliphatic heterocycles. The number of amides is 1. The second-order valence-electron chi connectivity index (χ2n) is 9.73. The van der Waals surface area contributed by atoms with Crippen LogP contribution in [0.4, 0.5) is 20.8 Å². The second kappa shape index (κ2) is 10.3. The van der Waals surface area contributed by atoms with E-state index < -0.39 is 11.4 Å². The Morgan fingerprint density at radius 3 is 2.78 bits per heavy atom. The predicted octanol–water partition coefficient (Wildman–Crippen LogP) is 5.17. The number of carbonyl (C=O) groups is 1. The number of nitrogens with two attached hydrogens (primary N) is 1. The third-order valence-corrected chi connectivity index (χ3v) is 5.68. The lowest BCUT2D eigenvalue weighted by Crippen LogP contribution is -2.47. The van der Waals surface area contributed by atoms with Crippen molar-refractivity contribution in [2.45, 2.75) is 52.2 Å². The quantitative estimate of drug-likeness (QED) is 0.467. The Morgan fingerprint density at radius 1 is 1.19 bits per heavy atom. The Hall–Kier alpha value is -3.95. The third-order valence-electron chi connectivity index (χ3n) is 5.68. The third kappa shape index (κ3) is 5.99. The Balaban J connectivity index is 1.51. The number of rotatable bonds is 5. The van der Waals surface area contributed by atoms with Crippen molar-refractivity contribution in [2.75, 3.05) is 24.1 Å². The number of nitrogen functional groups attached to an aromatic ring is 1. The Kier molecular flexibility index (Phi) is 7.23. The van der Waals surface area contributed by atoms with Gasteiger partial charge in [0.2, 0.25) is 11.8 Å². The largest absolute Gasteiger partial charge is 0.444 e. The van der Waals surface area contributed by atoms with E-state index in [4.69, 9.17) is 15.2 Å². The zero-order valence-corrected chi connectivity index (χ0v) is 20.9. The van der Waals surface area contributed by atoms with Crippen LogP contribution < -0.4 is 15.8 Å². The lowest BCUT2D eigenvalue weighted by atomic mass is 10.1. The molecule has 10 heteroatoms. The van der Waals surface area contributed by atoms with Crippen LogP contribution in [0.15, 0.2) is 42.7 Å². The summed E-state index contributed by atoms with van der Waals surface area (Å²) in [4.78, 5) is 27.5. The summed E-state index contributed by atoms with van der Waals surface area (Å²) >= 11 is 0. The minimum Gasteiger partial charge on any atom is -0.444 e. The number of ether oxygens (including phenoxy) is 2. The summed E-state index contributed by atoms with van der Waals surface area (Å²) in [7, 11) is 0. The van der Waals surface area contributed by atoms with Crippen molar-refractivity contribution in [3.05, 3.63) is 54.1 Å². The molecule has 0 spiro atoms. The number of likely N-dealkylation sites (tertiary alicyclic amines) is 1. The average Bonchev–Trinajstić information content (AvgIpc) is 2.84. The molecule has 0 aliphatic carbocycles. The standard InChI is InChI=1S/C26H31FN6O3/c1-16-21(10-9-19(28)22(16)27)35-23-18(8-5-12-29-23)20-11-13-30-24(32-20)31-17-7-6-14-33(15-17)25(34)36-26(2,3)4/h5,8-13,17H,6-7,14-15,28H2,1-4H3,(H,30,31,32). The summed E-state index contributed by atoms with van der Waals surface area (Å²) < 4.78 is 25.7. The zero-order valence-electron chi connectivity index (χ0n) is 20.9. The van der Waals surface area contributed by atoms with Gasteiger partial charge in [-0.1, -0.05) is 0 Å². The lowest BCUT2D eigenvalue weighted by molar-refractivity contribution is 0.0206. The molecule has 3 N–H and O–H groups in total. The molecule has 1 aliphatic rings. The highest BCUT2D eigenvalue weighted by atomic mass is 19.1. The number of nitrogens with zero attached hydrogens (tertiary/aromatic N) is 4. The van der Waals surface area contributed by atoms with Crippen molar-refractivity contribution in [1.82, 2.24) is 19.9 Å². The SMILES string of the molecule is Cc1c(Oc2ncccc2-c2ccnc(NC3CCCN(C(=O)OC(C)(C)C)C3)n2)ccc(N)c1F. The molecule has 1 aromatic carbocycles. The molecular formula is C26H31FN6O3. The van der Waals surface area contributed by atoms with Crippen LogP contribution >= 0.6 is 0 Å². The number of hydrogen-bond donors (Lipinski definition) is 2. The fraction of sp³-hybridized carbons (Fsp3) is 0.385. The van der Waals surface area contributed by atoms with Gasteiger partial charge in [-0.2, -0.15) is 0 Å². The van der Waals surface area contributed by atoms with Crippen LogP contribution in [0.3, 0.4) is 0 Å². The summed E-state index contributed by atoms with van der Waals surface area (Å²) in [6.07, 6.45) is 4.62. The van der Waals surface area contributed by atoms with E-state index in [1.54, 1.807) is 42.4 Å². The molecule has 0 saturated carbocycles. The minimum atomic E-state index is -0.547. The van der Waals surface area contributed by atoms with Gasteiger partial charge in [0.25, 0.3) is 0 Å². The number of anilines is 2. The summed E-state index contributed by atoms with van der Waals surface area (Å²) in [5.74, 6) is 0.501.